The first kappa shape index (κ1) is 17.0. The monoisotopic (exact) mass is 350 g/mol. The van der Waals surface area contributed by atoms with Gasteiger partial charge >= 0.3 is 0 Å². The molecule has 0 aromatic heterocycles. The van der Waals surface area contributed by atoms with Crippen molar-refractivity contribution in [2.75, 3.05) is 24.2 Å². The van der Waals surface area contributed by atoms with Gasteiger partial charge in [0, 0.05) is 37.0 Å². The summed E-state index contributed by atoms with van der Waals surface area (Å²) in [5, 5.41) is 2.60. The van der Waals surface area contributed by atoms with E-state index in [0.29, 0.717) is 31.4 Å². The summed E-state index contributed by atoms with van der Waals surface area (Å²) < 4.78 is 22.7. The van der Waals surface area contributed by atoms with Gasteiger partial charge in [0.15, 0.2) is 0 Å². The molecule has 1 aromatic carbocycles. The maximum absolute atomic E-state index is 12.2. The zero-order valence-corrected chi connectivity index (χ0v) is 14.5. The van der Waals surface area contributed by atoms with Gasteiger partial charge in [-0.2, -0.15) is 0 Å². The van der Waals surface area contributed by atoms with Gasteiger partial charge in [0.25, 0.3) is 5.91 Å². The van der Waals surface area contributed by atoms with E-state index in [9.17, 15) is 18.0 Å². The third-order valence-corrected chi connectivity index (χ3v) is 6.46. The van der Waals surface area contributed by atoms with E-state index in [4.69, 9.17) is 0 Å². The number of hydrogen-bond donors (Lipinski definition) is 1. The van der Waals surface area contributed by atoms with Crippen LogP contribution in [-0.4, -0.2) is 44.8 Å². The predicted octanol–water partition coefficient (Wildman–Crippen LogP) is 1.37. The van der Waals surface area contributed by atoms with Crippen molar-refractivity contribution in [3.05, 3.63) is 29.8 Å². The first-order valence-corrected chi connectivity index (χ1v) is 10.2. The van der Waals surface area contributed by atoms with Gasteiger partial charge in [0.05, 0.1) is 5.25 Å². The van der Waals surface area contributed by atoms with Crippen molar-refractivity contribution in [2.45, 2.75) is 30.9 Å². The van der Waals surface area contributed by atoms with Crippen LogP contribution in [0, 0.1) is 5.92 Å². The van der Waals surface area contributed by atoms with Crippen LogP contribution in [0.2, 0.25) is 0 Å². The number of carbonyl (C=O) groups excluding carboxylic acids is 2. The van der Waals surface area contributed by atoms with Crippen molar-refractivity contribution in [1.29, 1.82) is 0 Å². The van der Waals surface area contributed by atoms with Crippen LogP contribution in [0.25, 0.3) is 0 Å². The Balaban J connectivity index is 1.50. The number of nitrogens with zero attached hydrogens (tertiary/aromatic N) is 1. The molecule has 7 heteroatoms. The lowest BCUT2D eigenvalue weighted by Gasteiger charge is -2.33. The molecule has 2 aliphatic rings. The SMILES string of the molecule is CS(=O)(=O)C1CC(CNC(=O)c2ccc(N3CCCC3=O)cc2)C1. The molecule has 1 aliphatic carbocycles. The van der Waals surface area contributed by atoms with E-state index in [-0.39, 0.29) is 23.0 Å². The Bertz CT molecular complexity index is 736. The topological polar surface area (TPSA) is 83.6 Å². The lowest BCUT2D eigenvalue weighted by molar-refractivity contribution is -0.117. The molecule has 2 amide bonds. The molecule has 2 fully saturated rings. The van der Waals surface area contributed by atoms with E-state index in [1.54, 1.807) is 29.2 Å². The molecule has 24 heavy (non-hydrogen) atoms. The molecule has 1 aliphatic heterocycles. The minimum atomic E-state index is -2.95. The Labute approximate surface area is 142 Å². The molecule has 1 saturated carbocycles. The average molecular weight is 350 g/mol. The van der Waals surface area contributed by atoms with Crippen molar-refractivity contribution >= 4 is 27.3 Å². The second-order valence-electron chi connectivity index (χ2n) is 6.69. The summed E-state index contributed by atoms with van der Waals surface area (Å²) in [5.41, 5.74) is 1.37. The van der Waals surface area contributed by atoms with Gasteiger partial charge < -0.3 is 10.2 Å². The van der Waals surface area contributed by atoms with Gasteiger partial charge in [0.2, 0.25) is 5.91 Å². The van der Waals surface area contributed by atoms with Crippen molar-refractivity contribution < 1.29 is 18.0 Å². The highest BCUT2D eigenvalue weighted by Gasteiger charge is 2.36. The van der Waals surface area contributed by atoms with E-state index >= 15 is 0 Å². The minimum absolute atomic E-state index is 0.123. The first-order valence-electron chi connectivity index (χ1n) is 8.22. The van der Waals surface area contributed by atoms with Crippen LogP contribution in [0.3, 0.4) is 0 Å². The summed E-state index contributed by atoms with van der Waals surface area (Å²) >= 11 is 0. The molecule has 6 nitrogen and oxygen atoms in total. The Morgan fingerprint density at radius 2 is 1.92 bits per heavy atom. The molecule has 130 valence electrons. The molecule has 0 radical (unpaired) electrons. The van der Waals surface area contributed by atoms with Crippen LogP contribution in [0.1, 0.15) is 36.0 Å². The van der Waals surface area contributed by atoms with E-state index in [2.05, 4.69) is 5.32 Å². The molecule has 0 spiro atoms. The number of carbonyl (C=O) groups is 2. The Morgan fingerprint density at radius 3 is 2.46 bits per heavy atom. The molecule has 0 unspecified atom stereocenters. The van der Waals surface area contributed by atoms with Gasteiger partial charge in [-0.1, -0.05) is 0 Å². The highest BCUT2D eigenvalue weighted by Crippen LogP contribution is 2.32. The van der Waals surface area contributed by atoms with Crippen LogP contribution in [0.15, 0.2) is 24.3 Å². The third kappa shape index (κ3) is 3.61. The fourth-order valence-electron chi connectivity index (χ4n) is 3.24. The number of amides is 2. The maximum atomic E-state index is 12.2. The predicted molar refractivity (Wildman–Crippen MR) is 91.7 cm³/mol. The summed E-state index contributed by atoms with van der Waals surface area (Å²) in [6.45, 7) is 1.23. The lowest BCUT2D eigenvalue weighted by atomic mass is 9.85. The van der Waals surface area contributed by atoms with Gasteiger partial charge in [-0.05, 0) is 49.4 Å². The van der Waals surface area contributed by atoms with Crippen molar-refractivity contribution in [2.24, 2.45) is 5.92 Å². The number of benzene rings is 1. The lowest BCUT2D eigenvalue weighted by Crippen LogP contribution is -2.41. The van der Waals surface area contributed by atoms with Gasteiger partial charge in [0.1, 0.15) is 9.84 Å². The molecule has 1 aromatic rings. The fraction of sp³-hybridized carbons (Fsp3) is 0.529. The molecule has 0 bridgehead atoms. The van der Waals surface area contributed by atoms with Gasteiger partial charge in [-0.15, -0.1) is 0 Å². The van der Waals surface area contributed by atoms with E-state index in [1.807, 2.05) is 0 Å². The molecule has 3 rings (SSSR count). The third-order valence-electron chi connectivity index (χ3n) is 4.86. The van der Waals surface area contributed by atoms with Crippen LogP contribution in [0.4, 0.5) is 5.69 Å². The molecular weight excluding hydrogens is 328 g/mol. The normalized spacial score (nSPS) is 23.9. The van der Waals surface area contributed by atoms with Crippen molar-refractivity contribution in [3.8, 4) is 0 Å². The first-order chi connectivity index (χ1) is 11.3. The highest BCUT2D eigenvalue weighted by molar-refractivity contribution is 7.91. The Kier molecular flexibility index (Phi) is 4.62. The number of sulfone groups is 1. The quantitative estimate of drug-likeness (QED) is 0.869. The van der Waals surface area contributed by atoms with Crippen LogP contribution in [0.5, 0.6) is 0 Å². The number of hydrogen-bond acceptors (Lipinski definition) is 4. The standard InChI is InChI=1S/C17H22N2O4S/c1-24(22,23)15-9-12(10-15)11-18-17(21)13-4-6-14(7-5-13)19-8-2-3-16(19)20/h4-7,12,15H,2-3,8-11H2,1H3,(H,18,21). The van der Waals surface area contributed by atoms with Crippen LogP contribution in [-0.2, 0) is 14.6 Å². The summed E-state index contributed by atoms with van der Waals surface area (Å²) in [7, 11) is -2.95. The zero-order chi connectivity index (χ0) is 17.3. The number of rotatable bonds is 5. The number of nitrogens with one attached hydrogen (secondary N) is 1. The largest absolute Gasteiger partial charge is 0.352 e. The minimum Gasteiger partial charge on any atom is -0.352 e. The van der Waals surface area contributed by atoms with Gasteiger partial charge in [-0.25, -0.2) is 8.42 Å². The van der Waals surface area contributed by atoms with E-state index < -0.39 is 9.84 Å². The molecule has 0 atom stereocenters. The second-order valence-corrected chi connectivity index (χ2v) is 9.02. The molecule has 1 heterocycles. The van der Waals surface area contributed by atoms with Crippen molar-refractivity contribution in [1.82, 2.24) is 5.32 Å². The molecule has 1 saturated heterocycles. The van der Waals surface area contributed by atoms with Crippen LogP contribution < -0.4 is 10.2 Å². The zero-order valence-electron chi connectivity index (χ0n) is 13.7. The fourth-order valence-corrected chi connectivity index (χ4v) is 4.49. The smallest absolute Gasteiger partial charge is 0.251 e. The Morgan fingerprint density at radius 1 is 1.25 bits per heavy atom. The summed E-state index contributed by atoms with van der Waals surface area (Å²) in [6, 6.07) is 7.02. The average Bonchev–Trinajstić information content (AvgIpc) is 2.90. The summed E-state index contributed by atoms with van der Waals surface area (Å²) in [6.07, 6.45) is 3.96. The summed E-state index contributed by atoms with van der Waals surface area (Å²) in [4.78, 5) is 25.6. The van der Waals surface area contributed by atoms with E-state index in [1.165, 1.54) is 6.26 Å². The van der Waals surface area contributed by atoms with Crippen molar-refractivity contribution in [3.63, 3.8) is 0 Å². The Hall–Kier alpha value is -1.89. The molecule has 1 N–H and O–H groups in total. The van der Waals surface area contributed by atoms with Crippen LogP contribution >= 0.6 is 0 Å². The second kappa shape index (κ2) is 6.55. The maximum Gasteiger partial charge on any atom is 0.251 e. The molecular formula is C17H22N2O4S. The van der Waals surface area contributed by atoms with Gasteiger partial charge in [-0.3, -0.25) is 9.59 Å². The number of anilines is 1. The van der Waals surface area contributed by atoms with E-state index in [0.717, 1.165) is 18.7 Å². The highest BCUT2D eigenvalue weighted by atomic mass is 32.2. The summed E-state index contributed by atoms with van der Waals surface area (Å²) in [5.74, 6) is 0.185.